The van der Waals surface area contributed by atoms with Gasteiger partial charge in [0.25, 0.3) is 5.91 Å². The summed E-state index contributed by atoms with van der Waals surface area (Å²) in [5, 5.41) is 0. The number of carbonyl (C=O) groups excluding carboxylic acids is 1. The van der Waals surface area contributed by atoms with Gasteiger partial charge < -0.3 is 15.2 Å². The van der Waals surface area contributed by atoms with Gasteiger partial charge in [-0.25, -0.2) is 0 Å². The molecule has 1 saturated carbocycles. The van der Waals surface area contributed by atoms with Crippen LogP contribution in [0.3, 0.4) is 0 Å². The van der Waals surface area contributed by atoms with Gasteiger partial charge in [-0.3, -0.25) is 4.79 Å². The molecule has 94 valence electrons. The summed E-state index contributed by atoms with van der Waals surface area (Å²) < 4.78 is 1.95. The molecular formula is C13H21N3O. The monoisotopic (exact) mass is 235 g/mol. The smallest absolute Gasteiger partial charge is 0.270 e. The molecule has 1 aliphatic carbocycles. The van der Waals surface area contributed by atoms with Crippen LogP contribution in [0.2, 0.25) is 0 Å². The van der Waals surface area contributed by atoms with Crippen LogP contribution in [0.25, 0.3) is 0 Å². The van der Waals surface area contributed by atoms with Crippen LogP contribution in [-0.4, -0.2) is 29.0 Å². The normalized spacial score (nSPS) is 15.3. The lowest BCUT2D eigenvalue weighted by Gasteiger charge is -2.19. The van der Waals surface area contributed by atoms with Crippen molar-refractivity contribution in [2.24, 2.45) is 5.92 Å². The van der Waals surface area contributed by atoms with Crippen LogP contribution in [0.4, 0.5) is 5.69 Å². The molecule has 2 rings (SSSR count). The first-order chi connectivity index (χ1) is 7.99. The largest absolute Gasteiger partial charge is 0.397 e. The molecule has 4 nitrogen and oxygen atoms in total. The molecular weight excluding hydrogens is 214 g/mol. The van der Waals surface area contributed by atoms with E-state index < -0.39 is 0 Å². The van der Waals surface area contributed by atoms with Crippen LogP contribution >= 0.6 is 0 Å². The molecule has 0 radical (unpaired) electrons. The zero-order chi connectivity index (χ0) is 12.6. The average molecular weight is 235 g/mol. The summed E-state index contributed by atoms with van der Waals surface area (Å²) in [7, 11) is 1.87. The molecule has 1 aliphatic rings. The molecule has 0 spiro atoms. The van der Waals surface area contributed by atoms with E-state index in [2.05, 4.69) is 13.8 Å². The minimum absolute atomic E-state index is 0.0716. The highest BCUT2D eigenvalue weighted by Gasteiger charge is 2.26. The highest BCUT2D eigenvalue weighted by atomic mass is 16.2. The lowest BCUT2D eigenvalue weighted by atomic mass is 10.3. The third-order valence-corrected chi connectivity index (χ3v) is 3.22. The SMILES string of the molecule is CC(C)n1cc(N)cc1C(=O)N(C)CC1CC1. The summed E-state index contributed by atoms with van der Waals surface area (Å²) in [4.78, 5) is 14.1. The minimum atomic E-state index is 0.0716. The van der Waals surface area contributed by atoms with Crippen molar-refractivity contribution in [3.63, 3.8) is 0 Å². The molecule has 0 saturated heterocycles. The Morgan fingerprint density at radius 2 is 2.24 bits per heavy atom. The molecule has 0 aromatic carbocycles. The Kier molecular flexibility index (Phi) is 3.13. The number of carbonyl (C=O) groups is 1. The van der Waals surface area contributed by atoms with Crippen molar-refractivity contribution < 1.29 is 4.79 Å². The molecule has 0 aliphatic heterocycles. The molecule has 2 N–H and O–H groups in total. The molecule has 1 aromatic heterocycles. The first-order valence-electron chi connectivity index (χ1n) is 6.22. The van der Waals surface area contributed by atoms with E-state index in [1.165, 1.54) is 12.8 Å². The van der Waals surface area contributed by atoms with Crippen molar-refractivity contribution in [2.75, 3.05) is 19.3 Å². The fourth-order valence-corrected chi connectivity index (χ4v) is 2.07. The molecule has 1 fully saturated rings. The first-order valence-corrected chi connectivity index (χ1v) is 6.22. The van der Waals surface area contributed by atoms with Crippen molar-refractivity contribution >= 4 is 11.6 Å². The molecule has 0 unspecified atom stereocenters. The summed E-state index contributed by atoms with van der Waals surface area (Å²) in [6.45, 7) is 4.97. The van der Waals surface area contributed by atoms with Gasteiger partial charge in [-0.15, -0.1) is 0 Å². The van der Waals surface area contributed by atoms with Gasteiger partial charge in [-0.05, 0) is 38.7 Å². The summed E-state index contributed by atoms with van der Waals surface area (Å²) >= 11 is 0. The van der Waals surface area contributed by atoms with Gasteiger partial charge in [-0.1, -0.05) is 0 Å². The summed E-state index contributed by atoms with van der Waals surface area (Å²) in [6.07, 6.45) is 4.35. The number of nitrogen functional groups attached to an aromatic ring is 1. The maximum Gasteiger partial charge on any atom is 0.270 e. The number of amides is 1. The topological polar surface area (TPSA) is 51.3 Å². The first kappa shape index (κ1) is 12.0. The molecule has 0 atom stereocenters. The highest BCUT2D eigenvalue weighted by molar-refractivity contribution is 5.93. The zero-order valence-electron chi connectivity index (χ0n) is 10.8. The van der Waals surface area contributed by atoms with Crippen LogP contribution in [0.5, 0.6) is 0 Å². The Labute approximate surface area is 102 Å². The molecule has 1 amide bonds. The van der Waals surface area contributed by atoms with Crippen molar-refractivity contribution in [1.82, 2.24) is 9.47 Å². The predicted molar refractivity (Wildman–Crippen MR) is 68.9 cm³/mol. The van der Waals surface area contributed by atoms with E-state index in [1.54, 1.807) is 6.07 Å². The number of nitrogens with two attached hydrogens (primary N) is 1. The number of aromatic nitrogens is 1. The van der Waals surface area contributed by atoms with Gasteiger partial charge in [0.15, 0.2) is 0 Å². The molecule has 4 heteroatoms. The molecule has 1 heterocycles. The van der Waals surface area contributed by atoms with E-state index in [0.29, 0.717) is 17.3 Å². The lowest BCUT2D eigenvalue weighted by Crippen LogP contribution is -2.30. The van der Waals surface area contributed by atoms with E-state index in [-0.39, 0.29) is 11.9 Å². The Morgan fingerprint density at radius 1 is 1.59 bits per heavy atom. The van der Waals surface area contributed by atoms with Crippen molar-refractivity contribution in [2.45, 2.75) is 32.7 Å². The fraction of sp³-hybridized carbons (Fsp3) is 0.615. The van der Waals surface area contributed by atoms with Gasteiger partial charge in [0.05, 0.1) is 5.69 Å². The van der Waals surface area contributed by atoms with Crippen molar-refractivity contribution in [3.8, 4) is 0 Å². The van der Waals surface area contributed by atoms with Gasteiger partial charge in [0.2, 0.25) is 0 Å². The van der Waals surface area contributed by atoms with E-state index in [4.69, 9.17) is 5.73 Å². The van der Waals surface area contributed by atoms with Gasteiger partial charge >= 0.3 is 0 Å². The number of anilines is 1. The van der Waals surface area contributed by atoms with E-state index in [1.807, 2.05) is 22.7 Å². The number of hydrogen-bond acceptors (Lipinski definition) is 2. The van der Waals surface area contributed by atoms with Crippen LogP contribution in [-0.2, 0) is 0 Å². The standard InChI is InChI=1S/C13H21N3O/c1-9(2)16-8-11(14)6-12(16)13(17)15(3)7-10-4-5-10/h6,8-10H,4-5,7,14H2,1-3H3. The minimum Gasteiger partial charge on any atom is -0.397 e. The number of hydrogen-bond donors (Lipinski definition) is 1. The summed E-state index contributed by atoms with van der Waals surface area (Å²) in [5.41, 5.74) is 7.13. The average Bonchev–Trinajstić information content (AvgIpc) is 2.97. The Balaban J connectivity index is 2.16. The van der Waals surface area contributed by atoms with E-state index >= 15 is 0 Å². The van der Waals surface area contributed by atoms with Crippen LogP contribution < -0.4 is 5.73 Å². The zero-order valence-corrected chi connectivity index (χ0v) is 10.8. The molecule has 0 bridgehead atoms. The molecule has 1 aromatic rings. The number of rotatable bonds is 4. The summed E-state index contributed by atoms with van der Waals surface area (Å²) in [5.74, 6) is 0.783. The lowest BCUT2D eigenvalue weighted by molar-refractivity contribution is 0.0776. The number of nitrogens with zero attached hydrogens (tertiary/aromatic N) is 2. The maximum atomic E-state index is 12.3. The van der Waals surface area contributed by atoms with Gasteiger partial charge in [-0.2, -0.15) is 0 Å². The van der Waals surface area contributed by atoms with Crippen molar-refractivity contribution in [1.29, 1.82) is 0 Å². The third kappa shape index (κ3) is 2.62. The Morgan fingerprint density at radius 3 is 2.76 bits per heavy atom. The van der Waals surface area contributed by atoms with Gasteiger partial charge in [0.1, 0.15) is 5.69 Å². The second kappa shape index (κ2) is 4.43. The molecule has 17 heavy (non-hydrogen) atoms. The van der Waals surface area contributed by atoms with Crippen molar-refractivity contribution in [3.05, 3.63) is 18.0 Å². The van der Waals surface area contributed by atoms with E-state index in [0.717, 1.165) is 6.54 Å². The fourth-order valence-electron chi connectivity index (χ4n) is 2.07. The van der Waals surface area contributed by atoms with Crippen LogP contribution in [0, 0.1) is 5.92 Å². The second-order valence-electron chi connectivity index (χ2n) is 5.29. The Hall–Kier alpha value is -1.45. The second-order valence-corrected chi connectivity index (χ2v) is 5.29. The van der Waals surface area contributed by atoms with Crippen LogP contribution in [0.1, 0.15) is 43.2 Å². The van der Waals surface area contributed by atoms with Crippen LogP contribution in [0.15, 0.2) is 12.3 Å². The maximum absolute atomic E-state index is 12.3. The highest BCUT2D eigenvalue weighted by Crippen LogP contribution is 2.30. The van der Waals surface area contributed by atoms with E-state index in [9.17, 15) is 4.79 Å². The Bertz CT molecular complexity index is 418. The quantitative estimate of drug-likeness (QED) is 0.869. The predicted octanol–water partition coefficient (Wildman–Crippen LogP) is 2.13. The third-order valence-electron chi connectivity index (χ3n) is 3.22. The van der Waals surface area contributed by atoms with Gasteiger partial charge in [0, 0.05) is 25.8 Å². The summed E-state index contributed by atoms with van der Waals surface area (Å²) in [6, 6.07) is 2.02.